The first-order valence-electron chi connectivity index (χ1n) is 9.21. The molecule has 1 heterocycles. The van der Waals surface area contributed by atoms with Gasteiger partial charge in [-0.1, -0.05) is 29.4 Å². The van der Waals surface area contributed by atoms with Gasteiger partial charge in [-0.3, -0.25) is 9.59 Å². The molecule has 0 spiro atoms. The molecule has 29 heavy (non-hydrogen) atoms. The lowest BCUT2D eigenvalue weighted by Gasteiger charge is -2.22. The van der Waals surface area contributed by atoms with Gasteiger partial charge in [-0.2, -0.15) is 5.26 Å². The van der Waals surface area contributed by atoms with E-state index >= 15 is 0 Å². The number of carbonyl (C=O) groups is 2. The lowest BCUT2D eigenvalue weighted by molar-refractivity contribution is -0.124. The largest absolute Gasteiger partial charge is 0.399 e. The quantitative estimate of drug-likeness (QED) is 0.812. The summed E-state index contributed by atoms with van der Waals surface area (Å²) in [7, 11) is 2.98. The van der Waals surface area contributed by atoms with Crippen molar-refractivity contribution >= 4 is 17.5 Å². The number of benzene rings is 2. The molecule has 0 aromatic heterocycles. The lowest BCUT2D eigenvalue weighted by atomic mass is 9.96. The number of nitrogens with one attached hydrogen (secondary N) is 1. The van der Waals surface area contributed by atoms with Gasteiger partial charge in [0.2, 0.25) is 5.91 Å². The topological polar surface area (TPSA) is 94.8 Å². The summed E-state index contributed by atoms with van der Waals surface area (Å²) in [4.78, 5) is 31.6. The molecule has 7 heteroatoms. The van der Waals surface area contributed by atoms with Crippen molar-refractivity contribution < 1.29 is 14.4 Å². The van der Waals surface area contributed by atoms with Crippen molar-refractivity contribution in [3.63, 3.8) is 0 Å². The van der Waals surface area contributed by atoms with Crippen molar-refractivity contribution in [3.8, 4) is 17.2 Å². The number of nitriles is 1. The average molecular weight is 390 g/mol. The average Bonchev–Trinajstić information content (AvgIpc) is 3.17. The number of rotatable bonds is 4. The van der Waals surface area contributed by atoms with Crippen molar-refractivity contribution in [1.29, 1.82) is 5.26 Å². The maximum Gasteiger partial charge on any atom is 0.254 e. The summed E-state index contributed by atoms with van der Waals surface area (Å²) in [6.45, 7) is 2.15. The third-order valence-corrected chi connectivity index (χ3v) is 5.09. The van der Waals surface area contributed by atoms with Gasteiger partial charge in [-0.15, -0.1) is 0 Å². The molecule has 1 fully saturated rings. The van der Waals surface area contributed by atoms with E-state index in [9.17, 15) is 14.9 Å². The van der Waals surface area contributed by atoms with Gasteiger partial charge in [0.05, 0.1) is 23.9 Å². The third-order valence-electron chi connectivity index (χ3n) is 5.09. The Kier molecular flexibility index (Phi) is 5.93. The highest BCUT2D eigenvalue weighted by molar-refractivity contribution is 6.05. The molecule has 2 aromatic carbocycles. The molecule has 0 bridgehead atoms. The van der Waals surface area contributed by atoms with E-state index in [0.29, 0.717) is 23.3 Å². The van der Waals surface area contributed by atoms with Crippen molar-refractivity contribution in [2.75, 3.05) is 20.7 Å². The van der Waals surface area contributed by atoms with Crippen LogP contribution in [0.25, 0.3) is 11.1 Å². The van der Waals surface area contributed by atoms with Crippen LogP contribution in [0.4, 0.5) is 0 Å². The molecule has 1 saturated heterocycles. The highest BCUT2D eigenvalue weighted by atomic mass is 16.6. The molecule has 7 nitrogen and oxygen atoms in total. The van der Waals surface area contributed by atoms with Gasteiger partial charge in [0.15, 0.2) is 0 Å². The van der Waals surface area contributed by atoms with Crippen LogP contribution in [0.2, 0.25) is 0 Å². The number of amides is 2. The molecule has 0 radical (unpaired) electrons. The molecule has 0 saturated carbocycles. The second kappa shape index (κ2) is 8.57. The number of carbonyl (C=O) groups excluding carboxylic acids is 2. The van der Waals surface area contributed by atoms with Gasteiger partial charge in [0.25, 0.3) is 5.91 Å². The molecule has 1 aliphatic heterocycles. The SMILES string of the molecule is CNC(=O)C1C/C(=N\OC)CN1C(=O)c1ccc(-c2cccc(C#N)c2C)cc1. The maximum absolute atomic E-state index is 13.0. The van der Waals surface area contributed by atoms with Gasteiger partial charge in [0.1, 0.15) is 13.2 Å². The van der Waals surface area contributed by atoms with E-state index in [4.69, 9.17) is 4.84 Å². The Morgan fingerprint density at radius 2 is 1.97 bits per heavy atom. The second-order valence-corrected chi connectivity index (χ2v) is 6.77. The van der Waals surface area contributed by atoms with E-state index in [1.165, 1.54) is 12.0 Å². The maximum atomic E-state index is 13.0. The van der Waals surface area contributed by atoms with Crippen LogP contribution in [0.5, 0.6) is 0 Å². The fourth-order valence-corrected chi connectivity index (χ4v) is 3.54. The second-order valence-electron chi connectivity index (χ2n) is 6.77. The van der Waals surface area contributed by atoms with Crippen LogP contribution in [0, 0.1) is 18.3 Å². The van der Waals surface area contributed by atoms with E-state index in [1.54, 1.807) is 25.2 Å². The van der Waals surface area contributed by atoms with Crippen LogP contribution in [-0.2, 0) is 9.63 Å². The molecule has 1 atom stereocenters. The molecule has 1 N–H and O–H groups in total. The van der Waals surface area contributed by atoms with E-state index in [0.717, 1.165) is 16.7 Å². The molecular weight excluding hydrogens is 368 g/mol. The Labute approximate surface area is 169 Å². The van der Waals surface area contributed by atoms with Gasteiger partial charge in [-0.25, -0.2) is 0 Å². The Balaban J connectivity index is 1.88. The van der Waals surface area contributed by atoms with Crippen molar-refractivity contribution in [2.24, 2.45) is 5.16 Å². The van der Waals surface area contributed by atoms with Gasteiger partial charge < -0.3 is 15.1 Å². The molecule has 148 valence electrons. The zero-order valence-electron chi connectivity index (χ0n) is 16.6. The van der Waals surface area contributed by atoms with E-state index < -0.39 is 6.04 Å². The summed E-state index contributed by atoms with van der Waals surface area (Å²) in [6.07, 6.45) is 0.345. The van der Waals surface area contributed by atoms with Crippen LogP contribution >= 0.6 is 0 Å². The van der Waals surface area contributed by atoms with Crippen molar-refractivity contribution in [2.45, 2.75) is 19.4 Å². The highest BCUT2D eigenvalue weighted by Crippen LogP contribution is 2.27. The van der Waals surface area contributed by atoms with Gasteiger partial charge in [0, 0.05) is 19.0 Å². The monoisotopic (exact) mass is 390 g/mol. The molecule has 1 unspecified atom stereocenters. The van der Waals surface area contributed by atoms with E-state index in [1.807, 2.05) is 31.2 Å². The van der Waals surface area contributed by atoms with Crippen LogP contribution in [-0.4, -0.2) is 49.2 Å². The van der Waals surface area contributed by atoms with Crippen LogP contribution < -0.4 is 5.32 Å². The minimum Gasteiger partial charge on any atom is -0.399 e. The van der Waals surface area contributed by atoms with E-state index in [-0.39, 0.29) is 18.4 Å². The molecule has 2 aromatic rings. The number of nitrogens with zero attached hydrogens (tertiary/aromatic N) is 3. The highest BCUT2D eigenvalue weighted by Gasteiger charge is 2.38. The fraction of sp³-hybridized carbons (Fsp3) is 0.273. The summed E-state index contributed by atoms with van der Waals surface area (Å²) in [5.41, 5.74) is 4.52. The first kappa shape index (κ1) is 20.1. The number of likely N-dealkylation sites (N-methyl/N-ethyl adjacent to an activating group) is 1. The minimum absolute atomic E-state index is 0.236. The normalized spacial score (nSPS) is 17.1. The number of hydrogen-bond acceptors (Lipinski definition) is 5. The van der Waals surface area contributed by atoms with Crippen LogP contribution in [0.1, 0.15) is 27.9 Å². The predicted molar refractivity (Wildman–Crippen MR) is 109 cm³/mol. The fourth-order valence-electron chi connectivity index (χ4n) is 3.54. The summed E-state index contributed by atoms with van der Waals surface area (Å²) in [5, 5.41) is 15.7. The zero-order chi connectivity index (χ0) is 21.0. The summed E-state index contributed by atoms with van der Waals surface area (Å²) >= 11 is 0. The van der Waals surface area contributed by atoms with Crippen LogP contribution in [0.15, 0.2) is 47.6 Å². The molecule has 2 amide bonds. The summed E-state index contributed by atoms with van der Waals surface area (Å²) < 4.78 is 0. The minimum atomic E-state index is -0.615. The Morgan fingerprint density at radius 1 is 1.24 bits per heavy atom. The number of oxime groups is 1. The Morgan fingerprint density at radius 3 is 2.59 bits per heavy atom. The standard InChI is InChI=1S/C22H22N4O3/c1-14-17(12-23)5-4-6-19(14)15-7-9-16(10-8-15)22(28)26-13-18(25-29-3)11-20(26)21(27)24-2/h4-10,20H,11,13H2,1-3H3,(H,24,27)/b25-18+. The zero-order valence-corrected chi connectivity index (χ0v) is 16.6. The van der Waals surface area contributed by atoms with Crippen molar-refractivity contribution in [3.05, 3.63) is 59.2 Å². The number of likely N-dealkylation sites (tertiary alicyclic amines) is 1. The Bertz CT molecular complexity index is 1010. The summed E-state index contributed by atoms with van der Waals surface area (Å²) in [6, 6.07) is 14.3. The predicted octanol–water partition coefficient (Wildman–Crippen LogP) is 2.50. The van der Waals surface area contributed by atoms with Crippen LogP contribution in [0.3, 0.4) is 0 Å². The van der Waals surface area contributed by atoms with E-state index in [2.05, 4.69) is 16.5 Å². The third kappa shape index (κ3) is 3.97. The van der Waals surface area contributed by atoms with Crippen molar-refractivity contribution in [1.82, 2.24) is 10.2 Å². The first-order valence-corrected chi connectivity index (χ1v) is 9.21. The van der Waals surface area contributed by atoms with Gasteiger partial charge >= 0.3 is 0 Å². The first-order chi connectivity index (χ1) is 14.0. The molecular formula is C22H22N4O3. The molecule has 1 aliphatic rings. The number of hydrogen-bond donors (Lipinski definition) is 1. The molecule has 0 aliphatic carbocycles. The molecule has 3 rings (SSSR count). The van der Waals surface area contributed by atoms with Gasteiger partial charge in [-0.05, 0) is 41.8 Å². The summed E-state index contributed by atoms with van der Waals surface area (Å²) in [5.74, 6) is -0.478. The lowest BCUT2D eigenvalue weighted by Crippen LogP contribution is -2.44. The smallest absolute Gasteiger partial charge is 0.254 e. The Hall–Kier alpha value is -3.66.